The Morgan fingerprint density at radius 1 is 1.29 bits per heavy atom. The summed E-state index contributed by atoms with van der Waals surface area (Å²) in [6.07, 6.45) is 0.804. The molecule has 110 valence electrons. The molecule has 4 nitrogen and oxygen atoms in total. The highest BCUT2D eigenvalue weighted by molar-refractivity contribution is 6.09. The maximum absolute atomic E-state index is 10.2. The van der Waals surface area contributed by atoms with E-state index in [1.807, 2.05) is 32.0 Å². The van der Waals surface area contributed by atoms with E-state index in [4.69, 9.17) is 10.7 Å². The number of aromatic nitrogens is 2. The maximum atomic E-state index is 10.2. The monoisotopic (exact) mass is 283 g/mol. The van der Waals surface area contributed by atoms with Gasteiger partial charge in [0.1, 0.15) is 11.3 Å². The highest BCUT2D eigenvalue weighted by Gasteiger charge is 2.20. The van der Waals surface area contributed by atoms with Crippen molar-refractivity contribution in [2.75, 3.05) is 5.73 Å². The minimum Gasteiger partial charge on any atom is -0.397 e. The third-order valence-electron chi connectivity index (χ3n) is 3.71. The number of hydrogen-bond donors (Lipinski definition) is 2. The first-order valence-corrected chi connectivity index (χ1v) is 7.29. The predicted octanol–water partition coefficient (Wildman–Crippen LogP) is 3.11. The van der Waals surface area contributed by atoms with Crippen LogP contribution in [0.1, 0.15) is 26.6 Å². The molecular formula is C17H21N3O. The number of anilines is 1. The Morgan fingerprint density at radius 3 is 2.67 bits per heavy atom. The van der Waals surface area contributed by atoms with E-state index in [9.17, 15) is 5.11 Å². The molecule has 0 aliphatic rings. The summed E-state index contributed by atoms with van der Waals surface area (Å²) < 4.78 is 2.11. The third kappa shape index (κ3) is 2.36. The molecule has 4 heteroatoms. The first-order chi connectivity index (χ1) is 9.90. The number of rotatable bonds is 3. The van der Waals surface area contributed by atoms with E-state index in [0.717, 1.165) is 34.1 Å². The van der Waals surface area contributed by atoms with E-state index < -0.39 is 5.60 Å². The normalized spacial score (nSPS) is 12.4. The van der Waals surface area contributed by atoms with Gasteiger partial charge in [0.25, 0.3) is 0 Å². The van der Waals surface area contributed by atoms with E-state index in [1.165, 1.54) is 0 Å². The summed E-state index contributed by atoms with van der Waals surface area (Å²) >= 11 is 0. The lowest BCUT2D eigenvalue weighted by Gasteiger charge is -2.20. The van der Waals surface area contributed by atoms with E-state index >= 15 is 0 Å². The lowest BCUT2D eigenvalue weighted by molar-refractivity contribution is 0.0619. The standard InChI is InChI=1S/C17H21N3O/c1-4-14-19-15-13(18)9-11-7-5-6-8-12(11)16(15)20(14)10-17(2,3)21/h5-9,21H,4,10,18H2,1-3H3. The van der Waals surface area contributed by atoms with Gasteiger partial charge in [-0.05, 0) is 25.3 Å². The highest BCUT2D eigenvalue weighted by atomic mass is 16.3. The number of aliphatic hydroxyl groups is 1. The van der Waals surface area contributed by atoms with Crippen molar-refractivity contribution in [1.29, 1.82) is 0 Å². The van der Waals surface area contributed by atoms with Gasteiger partial charge in [-0.15, -0.1) is 0 Å². The van der Waals surface area contributed by atoms with E-state index in [-0.39, 0.29) is 0 Å². The summed E-state index contributed by atoms with van der Waals surface area (Å²) in [6, 6.07) is 10.1. The van der Waals surface area contributed by atoms with Gasteiger partial charge in [-0.3, -0.25) is 0 Å². The van der Waals surface area contributed by atoms with Crippen LogP contribution in [0, 0.1) is 0 Å². The van der Waals surface area contributed by atoms with E-state index in [0.29, 0.717) is 12.2 Å². The van der Waals surface area contributed by atoms with Crippen molar-refractivity contribution in [3.05, 3.63) is 36.2 Å². The Balaban J connectivity index is 2.43. The second-order valence-corrected chi connectivity index (χ2v) is 6.16. The van der Waals surface area contributed by atoms with E-state index in [2.05, 4.69) is 23.6 Å². The molecule has 21 heavy (non-hydrogen) atoms. The first-order valence-electron chi connectivity index (χ1n) is 7.29. The number of nitrogen functional groups attached to an aromatic ring is 1. The quantitative estimate of drug-likeness (QED) is 0.726. The van der Waals surface area contributed by atoms with Gasteiger partial charge in [0.2, 0.25) is 0 Å². The van der Waals surface area contributed by atoms with Gasteiger partial charge in [-0.25, -0.2) is 4.98 Å². The zero-order valence-electron chi connectivity index (χ0n) is 12.7. The Kier molecular flexibility index (Phi) is 3.14. The van der Waals surface area contributed by atoms with Gasteiger partial charge in [-0.2, -0.15) is 0 Å². The summed E-state index contributed by atoms with van der Waals surface area (Å²) in [6.45, 7) is 6.19. The molecule has 0 amide bonds. The van der Waals surface area contributed by atoms with Gasteiger partial charge in [-0.1, -0.05) is 31.2 Å². The van der Waals surface area contributed by atoms with Crippen LogP contribution in [0.2, 0.25) is 0 Å². The second kappa shape index (κ2) is 4.74. The van der Waals surface area contributed by atoms with Crippen molar-refractivity contribution in [2.24, 2.45) is 0 Å². The smallest absolute Gasteiger partial charge is 0.112 e. The molecular weight excluding hydrogens is 262 g/mol. The Bertz CT molecular complexity index is 812. The average Bonchev–Trinajstić information content (AvgIpc) is 2.76. The first kappa shape index (κ1) is 13.9. The molecule has 0 unspecified atom stereocenters. The van der Waals surface area contributed by atoms with Crippen LogP contribution in [0.4, 0.5) is 5.69 Å². The SMILES string of the molecule is CCc1nc2c(N)cc3ccccc3c2n1CC(C)(C)O. The van der Waals surface area contributed by atoms with Crippen LogP contribution in [0.5, 0.6) is 0 Å². The van der Waals surface area contributed by atoms with Crippen molar-refractivity contribution in [2.45, 2.75) is 39.3 Å². The minimum absolute atomic E-state index is 0.500. The van der Waals surface area contributed by atoms with Crippen molar-refractivity contribution in [3.8, 4) is 0 Å². The molecule has 0 spiro atoms. The number of benzene rings is 2. The summed E-state index contributed by atoms with van der Waals surface area (Å²) in [5.74, 6) is 0.954. The molecule has 3 aromatic rings. The molecule has 0 saturated heterocycles. The molecule has 0 aliphatic carbocycles. The third-order valence-corrected chi connectivity index (χ3v) is 3.71. The Hall–Kier alpha value is -2.07. The summed E-state index contributed by atoms with van der Waals surface area (Å²) in [4.78, 5) is 4.69. The molecule has 3 rings (SSSR count). The average molecular weight is 283 g/mol. The van der Waals surface area contributed by atoms with Gasteiger partial charge in [0.15, 0.2) is 0 Å². The molecule has 1 aromatic heterocycles. The zero-order chi connectivity index (χ0) is 15.2. The van der Waals surface area contributed by atoms with Crippen LogP contribution in [-0.4, -0.2) is 20.3 Å². The molecule has 0 radical (unpaired) electrons. The van der Waals surface area contributed by atoms with Crippen LogP contribution in [0.3, 0.4) is 0 Å². The predicted molar refractivity (Wildman–Crippen MR) is 87.3 cm³/mol. The van der Waals surface area contributed by atoms with Gasteiger partial charge < -0.3 is 15.4 Å². The highest BCUT2D eigenvalue weighted by Crippen LogP contribution is 2.32. The summed E-state index contributed by atoms with van der Waals surface area (Å²) in [7, 11) is 0. The van der Waals surface area contributed by atoms with Crippen molar-refractivity contribution in [3.63, 3.8) is 0 Å². The van der Waals surface area contributed by atoms with Crippen LogP contribution in [0.15, 0.2) is 30.3 Å². The van der Waals surface area contributed by atoms with Crippen molar-refractivity contribution >= 4 is 27.5 Å². The molecule has 0 bridgehead atoms. The second-order valence-electron chi connectivity index (χ2n) is 6.16. The lowest BCUT2D eigenvalue weighted by Crippen LogP contribution is -2.27. The fraction of sp³-hybridized carbons (Fsp3) is 0.353. The van der Waals surface area contributed by atoms with Crippen LogP contribution in [-0.2, 0) is 13.0 Å². The Morgan fingerprint density at radius 2 is 2.00 bits per heavy atom. The summed E-state index contributed by atoms with van der Waals surface area (Å²) in [5, 5.41) is 12.5. The maximum Gasteiger partial charge on any atom is 0.112 e. The molecule has 0 aliphatic heterocycles. The molecule has 0 saturated carbocycles. The number of hydrogen-bond acceptors (Lipinski definition) is 3. The topological polar surface area (TPSA) is 64.1 Å². The largest absolute Gasteiger partial charge is 0.397 e. The zero-order valence-corrected chi connectivity index (χ0v) is 12.7. The van der Waals surface area contributed by atoms with E-state index in [1.54, 1.807) is 0 Å². The molecule has 2 aromatic carbocycles. The van der Waals surface area contributed by atoms with Gasteiger partial charge in [0, 0.05) is 11.8 Å². The molecule has 0 atom stereocenters. The van der Waals surface area contributed by atoms with Crippen molar-refractivity contribution < 1.29 is 5.11 Å². The van der Waals surface area contributed by atoms with Crippen LogP contribution in [0.25, 0.3) is 21.8 Å². The lowest BCUT2D eigenvalue weighted by atomic mass is 10.1. The van der Waals surface area contributed by atoms with Gasteiger partial charge >= 0.3 is 0 Å². The van der Waals surface area contributed by atoms with Crippen LogP contribution >= 0.6 is 0 Å². The number of nitrogens with zero attached hydrogens (tertiary/aromatic N) is 2. The molecule has 1 heterocycles. The number of fused-ring (bicyclic) bond motifs is 3. The fourth-order valence-electron chi connectivity index (χ4n) is 2.88. The van der Waals surface area contributed by atoms with Crippen molar-refractivity contribution in [1.82, 2.24) is 9.55 Å². The molecule has 3 N–H and O–H groups in total. The van der Waals surface area contributed by atoms with Crippen LogP contribution < -0.4 is 5.73 Å². The number of aryl methyl sites for hydroxylation is 1. The Labute approximate surface area is 124 Å². The fourth-order valence-corrected chi connectivity index (χ4v) is 2.88. The minimum atomic E-state index is -0.802. The van der Waals surface area contributed by atoms with Gasteiger partial charge in [0.05, 0.1) is 23.3 Å². The number of imidazole rings is 1. The number of nitrogens with two attached hydrogens (primary N) is 1. The molecule has 0 fully saturated rings. The summed E-state index contributed by atoms with van der Waals surface area (Å²) in [5.41, 5.74) is 7.92.